The maximum atomic E-state index is 13.4. The van der Waals surface area contributed by atoms with Crippen molar-refractivity contribution in [2.45, 2.75) is 45.8 Å². The zero-order valence-corrected chi connectivity index (χ0v) is 15.5. The van der Waals surface area contributed by atoms with Crippen molar-refractivity contribution >= 4 is 17.7 Å². The number of fused-ring (bicyclic) bond motifs is 1. The molecule has 3 fully saturated rings. The SMILES string of the molecule is C[C@H]1CCN1c1nc(N2CC3(C)C(CC(=O)O)C3(C)C2)cc(C(F)(F)F)n1. The fourth-order valence-electron chi connectivity index (χ4n) is 4.96. The average Bonchev–Trinajstić information content (AvgIpc) is 2.83. The van der Waals surface area contributed by atoms with Gasteiger partial charge in [0.25, 0.3) is 0 Å². The quantitative estimate of drug-likeness (QED) is 0.861. The molecule has 1 saturated carbocycles. The van der Waals surface area contributed by atoms with Gasteiger partial charge in [0.05, 0.1) is 0 Å². The van der Waals surface area contributed by atoms with Crippen molar-refractivity contribution in [1.29, 1.82) is 0 Å². The summed E-state index contributed by atoms with van der Waals surface area (Å²) in [6.45, 7) is 7.64. The van der Waals surface area contributed by atoms with E-state index in [2.05, 4.69) is 9.97 Å². The van der Waals surface area contributed by atoms with Crippen molar-refractivity contribution in [3.05, 3.63) is 11.8 Å². The van der Waals surface area contributed by atoms with Gasteiger partial charge in [-0.2, -0.15) is 18.2 Å². The summed E-state index contributed by atoms with van der Waals surface area (Å²) < 4.78 is 40.1. The summed E-state index contributed by atoms with van der Waals surface area (Å²) in [4.78, 5) is 22.9. The summed E-state index contributed by atoms with van der Waals surface area (Å²) in [5.41, 5.74) is -1.38. The Morgan fingerprint density at radius 2 is 1.93 bits per heavy atom. The predicted octanol–water partition coefficient (Wildman–Crippen LogP) is 3.03. The number of anilines is 2. The van der Waals surface area contributed by atoms with Gasteiger partial charge in [-0.1, -0.05) is 13.8 Å². The summed E-state index contributed by atoms with van der Waals surface area (Å²) in [5.74, 6) is -0.400. The molecule has 0 radical (unpaired) electrons. The van der Waals surface area contributed by atoms with E-state index >= 15 is 0 Å². The molecule has 1 aromatic rings. The van der Waals surface area contributed by atoms with Gasteiger partial charge in [-0.3, -0.25) is 4.79 Å². The number of aromatic nitrogens is 2. The highest BCUT2D eigenvalue weighted by Gasteiger charge is 2.75. The van der Waals surface area contributed by atoms with E-state index in [0.717, 1.165) is 12.5 Å². The number of alkyl halides is 3. The second-order valence-electron chi connectivity index (χ2n) is 8.58. The largest absolute Gasteiger partial charge is 0.481 e. The van der Waals surface area contributed by atoms with Crippen LogP contribution in [-0.2, 0) is 11.0 Å². The molecule has 0 bridgehead atoms. The fraction of sp³-hybridized carbons (Fsp3) is 0.722. The summed E-state index contributed by atoms with van der Waals surface area (Å²) in [6.07, 6.45) is -3.54. The van der Waals surface area contributed by atoms with Crippen LogP contribution in [0.25, 0.3) is 0 Å². The Morgan fingerprint density at radius 3 is 2.37 bits per heavy atom. The Bertz CT molecular complexity index is 783. The lowest BCUT2D eigenvalue weighted by Crippen LogP contribution is -2.47. The first-order valence-corrected chi connectivity index (χ1v) is 9.15. The maximum Gasteiger partial charge on any atom is 0.433 e. The topological polar surface area (TPSA) is 69.6 Å². The number of nitrogens with zero attached hydrogens (tertiary/aromatic N) is 4. The van der Waals surface area contributed by atoms with Crippen molar-refractivity contribution < 1.29 is 23.1 Å². The van der Waals surface area contributed by atoms with Crippen LogP contribution in [0.3, 0.4) is 0 Å². The van der Waals surface area contributed by atoms with E-state index in [4.69, 9.17) is 5.11 Å². The van der Waals surface area contributed by atoms with Crippen LogP contribution in [0, 0.1) is 16.7 Å². The fourth-order valence-corrected chi connectivity index (χ4v) is 4.96. The van der Waals surface area contributed by atoms with Gasteiger partial charge in [0.15, 0.2) is 5.69 Å². The summed E-state index contributed by atoms with van der Waals surface area (Å²) in [7, 11) is 0. The van der Waals surface area contributed by atoms with Gasteiger partial charge in [0, 0.05) is 38.2 Å². The van der Waals surface area contributed by atoms with Crippen LogP contribution in [-0.4, -0.2) is 46.7 Å². The molecule has 0 amide bonds. The minimum atomic E-state index is -4.54. The predicted molar refractivity (Wildman–Crippen MR) is 92.6 cm³/mol. The van der Waals surface area contributed by atoms with Gasteiger partial charge in [-0.05, 0) is 30.1 Å². The third-order valence-corrected chi connectivity index (χ3v) is 7.07. The van der Waals surface area contributed by atoms with Gasteiger partial charge in [-0.15, -0.1) is 0 Å². The second-order valence-corrected chi connectivity index (χ2v) is 8.58. The van der Waals surface area contributed by atoms with E-state index < -0.39 is 17.8 Å². The lowest BCUT2D eigenvalue weighted by Gasteiger charge is -2.39. The van der Waals surface area contributed by atoms with Crippen LogP contribution in [0.1, 0.15) is 39.3 Å². The van der Waals surface area contributed by atoms with Gasteiger partial charge in [0.1, 0.15) is 5.82 Å². The van der Waals surface area contributed by atoms with Gasteiger partial charge in [-0.25, -0.2) is 4.98 Å². The second kappa shape index (κ2) is 5.48. The molecule has 2 aliphatic heterocycles. The number of piperidine rings is 1. The third-order valence-electron chi connectivity index (χ3n) is 7.07. The van der Waals surface area contributed by atoms with E-state index in [1.807, 2.05) is 25.7 Å². The normalized spacial score (nSPS) is 35.0. The van der Waals surface area contributed by atoms with Crippen LogP contribution in [0.15, 0.2) is 6.07 Å². The number of hydrogen-bond donors (Lipinski definition) is 1. The third kappa shape index (κ3) is 2.65. The van der Waals surface area contributed by atoms with Crippen LogP contribution >= 0.6 is 0 Å². The van der Waals surface area contributed by atoms with Crippen molar-refractivity contribution in [3.63, 3.8) is 0 Å². The minimum Gasteiger partial charge on any atom is -0.481 e. The highest BCUT2D eigenvalue weighted by molar-refractivity contribution is 5.69. The number of hydrogen-bond acceptors (Lipinski definition) is 5. The molecule has 0 aromatic carbocycles. The molecule has 2 saturated heterocycles. The monoisotopic (exact) mass is 384 g/mol. The first kappa shape index (κ1) is 18.3. The van der Waals surface area contributed by atoms with E-state index in [1.54, 1.807) is 4.90 Å². The lowest BCUT2D eigenvalue weighted by molar-refractivity contribution is -0.141. The molecule has 3 atom stereocenters. The Balaban J connectivity index is 1.63. The van der Waals surface area contributed by atoms with Crippen molar-refractivity contribution in [1.82, 2.24) is 9.97 Å². The van der Waals surface area contributed by atoms with Crippen molar-refractivity contribution in [2.24, 2.45) is 16.7 Å². The Labute approximate surface area is 155 Å². The van der Waals surface area contributed by atoms with E-state index in [-0.39, 0.29) is 41.0 Å². The molecular weight excluding hydrogens is 361 g/mol. The Kier molecular flexibility index (Phi) is 3.72. The van der Waals surface area contributed by atoms with Crippen LogP contribution < -0.4 is 9.80 Å². The lowest BCUT2D eigenvalue weighted by atomic mass is 10.0. The molecule has 1 aliphatic carbocycles. The van der Waals surface area contributed by atoms with Crippen LogP contribution in [0.5, 0.6) is 0 Å². The molecule has 27 heavy (non-hydrogen) atoms. The van der Waals surface area contributed by atoms with E-state index in [1.165, 1.54) is 0 Å². The molecule has 0 spiro atoms. The number of aliphatic carboxylic acids is 1. The molecule has 2 unspecified atom stereocenters. The average molecular weight is 384 g/mol. The van der Waals surface area contributed by atoms with Crippen molar-refractivity contribution in [2.75, 3.05) is 29.4 Å². The summed E-state index contributed by atoms with van der Waals surface area (Å²) in [6, 6.07) is 1.14. The summed E-state index contributed by atoms with van der Waals surface area (Å²) >= 11 is 0. The highest BCUT2D eigenvalue weighted by Crippen LogP contribution is 2.74. The van der Waals surface area contributed by atoms with E-state index in [9.17, 15) is 18.0 Å². The number of halogens is 3. The molecular formula is C18H23F3N4O2. The van der Waals surface area contributed by atoms with Gasteiger partial charge >= 0.3 is 12.1 Å². The number of carbonyl (C=O) groups is 1. The highest BCUT2D eigenvalue weighted by atomic mass is 19.4. The molecule has 6 nitrogen and oxygen atoms in total. The van der Waals surface area contributed by atoms with Crippen LogP contribution in [0.4, 0.5) is 24.9 Å². The molecule has 9 heteroatoms. The first-order chi connectivity index (χ1) is 12.5. The summed E-state index contributed by atoms with van der Waals surface area (Å²) in [5, 5.41) is 9.11. The van der Waals surface area contributed by atoms with E-state index in [0.29, 0.717) is 19.6 Å². The Hall–Kier alpha value is -2.06. The zero-order valence-electron chi connectivity index (χ0n) is 15.5. The van der Waals surface area contributed by atoms with Crippen molar-refractivity contribution in [3.8, 4) is 0 Å². The molecule has 1 N–H and O–H groups in total. The molecule has 3 heterocycles. The maximum absolute atomic E-state index is 13.4. The molecule has 1 aromatic heterocycles. The number of carboxylic acid groups (broad SMARTS) is 1. The molecule has 3 aliphatic rings. The minimum absolute atomic E-state index is 0.0394. The van der Waals surface area contributed by atoms with Gasteiger partial charge in [0.2, 0.25) is 5.95 Å². The zero-order chi connectivity index (χ0) is 19.8. The molecule has 4 rings (SSSR count). The smallest absolute Gasteiger partial charge is 0.433 e. The van der Waals surface area contributed by atoms with Gasteiger partial charge < -0.3 is 14.9 Å². The number of rotatable bonds is 4. The Morgan fingerprint density at radius 1 is 1.30 bits per heavy atom. The first-order valence-electron chi connectivity index (χ1n) is 9.15. The van der Waals surface area contributed by atoms with Crippen LogP contribution in [0.2, 0.25) is 0 Å². The molecule has 148 valence electrons. The standard InChI is InChI=1S/C18H23F3N4O2/c1-10-4-5-25(10)15-22-12(18(19,20)21)7-13(23-15)24-8-16(2)11(6-14(26)27)17(16,3)9-24/h7,10-11H,4-6,8-9H2,1-3H3,(H,26,27)/t10-,11?,16?,17?/m0/s1. The number of carboxylic acids is 1.